The SMILES string of the molecule is O=C(COc1ccccc1C(F)(F)F)NC(CC1CC1)C(=O)O. The van der Waals surface area contributed by atoms with Gasteiger partial charge in [-0.3, -0.25) is 4.79 Å². The van der Waals surface area contributed by atoms with Crippen LogP contribution in [0.3, 0.4) is 0 Å². The van der Waals surface area contributed by atoms with Gasteiger partial charge in [-0.1, -0.05) is 25.0 Å². The highest BCUT2D eigenvalue weighted by Crippen LogP contribution is 2.36. The summed E-state index contributed by atoms with van der Waals surface area (Å²) in [5.74, 6) is -2.12. The second kappa shape index (κ2) is 6.89. The normalized spacial score (nSPS) is 15.8. The zero-order chi connectivity index (χ0) is 17.0. The number of rotatable bonds is 7. The maximum Gasteiger partial charge on any atom is 0.419 e. The van der Waals surface area contributed by atoms with Gasteiger partial charge in [0.1, 0.15) is 11.8 Å². The number of hydrogen-bond donors (Lipinski definition) is 2. The number of alkyl halides is 3. The number of aliphatic carboxylic acids is 1. The third-order valence-corrected chi connectivity index (χ3v) is 3.45. The lowest BCUT2D eigenvalue weighted by Gasteiger charge is -2.16. The lowest BCUT2D eigenvalue weighted by atomic mass is 10.1. The Labute approximate surface area is 130 Å². The van der Waals surface area contributed by atoms with Crippen LogP contribution in [0.1, 0.15) is 24.8 Å². The van der Waals surface area contributed by atoms with Crippen LogP contribution in [0.2, 0.25) is 0 Å². The number of carbonyl (C=O) groups excluding carboxylic acids is 1. The summed E-state index contributed by atoms with van der Waals surface area (Å²) in [6.07, 6.45) is -2.42. The van der Waals surface area contributed by atoms with Crippen LogP contribution in [-0.2, 0) is 15.8 Å². The molecule has 0 heterocycles. The highest BCUT2D eigenvalue weighted by atomic mass is 19.4. The predicted molar refractivity (Wildman–Crippen MR) is 73.8 cm³/mol. The minimum atomic E-state index is -4.59. The number of carbonyl (C=O) groups is 2. The summed E-state index contributed by atoms with van der Waals surface area (Å²) in [6, 6.07) is 3.48. The van der Waals surface area contributed by atoms with Gasteiger partial charge in [-0.05, 0) is 24.5 Å². The minimum Gasteiger partial charge on any atom is -0.483 e. The monoisotopic (exact) mass is 331 g/mol. The standard InChI is InChI=1S/C15H16F3NO4/c16-15(17,18)10-3-1-2-4-12(10)23-8-13(20)19-11(14(21)22)7-9-5-6-9/h1-4,9,11H,5-8H2,(H,19,20)(H,21,22). The van der Waals surface area contributed by atoms with Crippen LogP contribution in [0.15, 0.2) is 24.3 Å². The number of carboxylic acid groups (broad SMARTS) is 1. The fourth-order valence-corrected chi connectivity index (χ4v) is 2.11. The Hall–Kier alpha value is -2.25. The second-order valence-corrected chi connectivity index (χ2v) is 5.42. The van der Waals surface area contributed by atoms with E-state index in [1.54, 1.807) is 0 Å². The smallest absolute Gasteiger partial charge is 0.419 e. The van der Waals surface area contributed by atoms with E-state index in [1.165, 1.54) is 12.1 Å². The van der Waals surface area contributed by atoms with Crippen molar-refractivity contribution < 1.29 is 32.6 Å². The Balaban J connectivity index is 1.92. The van der Waals surface area contributed by atoms with Crippen LogP contribution >= 0.6 is 0 Å². The van der Waals surface area contributed by atoms with Gasteiger partial charge in [0.15, 0.2) is 6.61 Å². The van der Waals surface area contributed by atoms with Crippen molar-refractivity contribution in [3.63, 3.8) is 0 Å². The molecule has 2 N–H and O–H groups in total. The summed E-state index contributed by atoms with van der Waals surface area (Å²) in [5.41, 5.74) is -0.986. The maximum absolute atomic E-state index is 12.8. The van der Waals surface area contributed by atoms with Crippen LogP contribution in [0.5, 0.6) is 5.75 Å². The van der Waals surface area contributed by atoms with E-state index >= 15 is 0 Å². The molecule has 126 valence electrons. The predicted octanol–water partition coefficient (Wildman–Crippen LogP) is 2.45. The van der Waals surface area contributed by atoms with E-state index in [9.17, 15) is 22.8 Å². The lowest BCUT2D eigenvalue weighted by molar-refractivity contribution is -0.142. The zero-order valence-electron chi connectivity index (χ0n) is 12.1. The van der Waals surface area contributed by atoms with Crippen molar-refractivity contribution in [2.75, 3.05) is 6.61 Å². The molecule has 5 nitrogen and oxygen atoms in total. The first-order chi connectivity index (χ1) is 10.8. The topological polar surface area (TPSA) is 75.6 Å². The van der Waals surface area contributed by atoms with Gasteiger partial charge in [0.2, 0.25) is 0 Å². The number of hydrogen-bond acceptors (Lipinski definition) is 3. The van der Waals surface area contributed by atoms with Crippen molar-refractivity contribution in [1.29, 1.82) is 0 Å². The highest BCUT2D eigenvalue weighted by molar-refractivity contribution is 5.84. The first kappa shape index (κ1) is 17.1. The lowest BCUT2D eigenvalue weighted by Crippen LogP contribution is -2.43. The molecule has 2 rings (SSSR count). The van der Waals surface area contributed by atoms with E-state index in [0.717, 1.165) is 25.0 Å². The van der Waals surface area contributed by atoms with Gasteiger partial charge in [0, 0.05) is 0 Å². The molecule has 1 saturated carbocycles. The van der Waals surface area contributed by atoms with Gasteiger partial charge in [0.05, 0.1) is 5.56 Å². The summed E-state index contributed by atoms with van der Waals surface area (Å²) in [5, 5.41) is 11.3. The molecule has 0 radical (unpaired) electrons. The number of halogens is 3. The maximum atomic E-state index is 12.8. The zero-order valence-corrected chi connectivity index (χ0v) is 12.1. The fraction of sp³-hybridized carbons (Fsp3) is 0.467. The molecule has 1 amide bonds. The van der Waals surface area contributed by atoms with Crippen LogP contribution in [0.25, 0.3) is 0 Å². The Bertz CT molecular complexity index is 584. The van der Waals surface area contributed by atoms with Crippen molar-refractivity contribution >= 4 is 11.9 Å². The van der Waals surface area contributed by atoms with Gasteiger partial charge < -0.3 is 15.2 Å². The first-order valence-corrected chi connectivity index (χ1v) is 7.08. The quantitative estimate of drug-likeness (QED) is 0.805. The molecule has 0 spiro atoms. The number of amides is 1. The summed E-state index contributed by atoms with van der Waals surface area (Å²) in [7, 11) is 0. The van der Waals surface area contributed by atoms with Gasteiger partial charge in [-0.25, -0.2) is 4.79 Å². The van der Waals surface area contributed by atoms with Crippen LogP contribution in [0, 0.1) is 5.92 Å². The molecule has 1 aliphatic carbocycles. The number of ether oxygens (including phenoxy) is 1. The van der Waals surface area contributed by atoms with Crippen molar-refractivity contribution in [1.82, 2.24) is 5.32 Å². The molecule has 1 aromatic rings. The Morgan fingerprint density at radius 2 is 1.96 bits per heavy atom. The average Bonchev–Trinajstić information content (AvgIpc) is 3.27. The Morgan fingerprint density at radius 1 is 1.30 bits per heavy atom. The third-order valence-electron chi connectivity index (χ3n) is 3.45. The fourth-order valence-electron chi connectivity index (χ4n) is 2.11. The highest BCUT2D eigenvalue weighted by Gasteiger charge is 2.34. The molecule has 0 bridgehead atoms. The van der Waals surface area contributed by atoms with Crippen LogP contribution in [0.4, 0.5) is 13.2 Å². The molecule has 1 unspecified atom stereocenters. The van der Waals surface area contributed by atoms with Gasteiger partial charge in [0.25, 0.3) is 5.91 Å². The number of benzene rings is 1. The largest absolute Gasteiger partial charge is 0.483 e. The molecule has 1 aromatic carbocycles. The summed E-state index contributed by atoms with van der Waals surface area (Å²) in [6.45, 7) is -0.679. The molecule has 1 fully saturated rings. The van der Waals surface area contributed by atoms with Gasteiger partial charge in [-0.2, -0.15) is 13.2 Å². The van der Waals surface area contributed by atoms with E-state index in [-0.39, 0.29) is 5.92 Å². The van der Waals surface area contributed by atoms with Crippen LogP contribution in [-0.4, -0.2) is 29.6 Å². The number of carboxylic acids is 1. The van der Waals surface area contributed by atoms with E-state index in [2.05, 4.69) is 5.32 Å². The molecule has 1 aliphatic rings. The van der Waals surface area contributed by atoms with E-state index in [0.29, 0.717) is 6.42 Å². The second-order valence-electron chi connectivity index (χ2n) is 5.42. The van der Waals surface area contributed by atoms with E-state index < -0.39 is 42.0 Å². The van der Waals surface area contributed by atoms with Crippen molar-refractivity contribution in [2.24, 2.45) is 5.92 Å². The molecule has 1 atom stereocenters. The average molecular weight is 331 g/mol. The minimum absolute atomic E-state index is 0.281. The molecule has 0 aromatic heterocycles. The van der Waals surface area contributed by atoms with Crippen molar-refractivity contribution in [3.05, 3.63) is 29.8 Å². The number of para-hydroxylation sites is 1. The van der Waals surface area contributed by atoms with Crippen molar-refractivity contribution in [3.8, 4) is 5.75 Å². The van der Waals surface area contributed by atoms with Gasteiger partial charge in [-0.15, -0.1) is 0 Å². The summed E-state index contributed by atoms with van der Waals surface area (Å²) < 4.78 is 43.2. The van der Waals surface area contributed by atoms with E-state index in [1.807, 2.05) is 0 Å². The molecular weight excluding hydrogens is 315 g/mol. The van der Waals surface area contributed by atoms with E-state index in [4.69, 9.17) is 9.84 Å². The molecular formula is C15H16F3NO4. The molecule has 0 aliphatic heterocycles. The molecule has 0 saturated heterocycles. The summed E-state index contributed by atoms with van der Waals surface area (Å²) >= 11 is 0. The Morgan fingerprint density at radius 3 is 2.52 bits per heavy atom. The Kier molecular flexibility index (Phi) is 5.12. The molecule has 8 heteroatoms. The van der Waals surface area contributed by atoms with Crippen molar-refractivity contribution in [2.45, 2.75) is 31.5 Å². The summed E-state index contributed by atoms with van der Waals surface area (Å²) in [4.78, 5) is 22.8. The molecule has 23 heavy (non-hydrogen) atoms. The van der Waals surface area contributed by atoms with Gasteiger partial charge >= 0.3 is 12.1 Å². The van der Waals surface area contributed by atoms with Crippen LogP contribution < -0.4 is 10.1 Å². The number of nitrogens with one attached hydrogen (secondary N) is 1. The third kappa shape index (κ3) is 5.15. The first-order valence-electron chi connectivity index (χ1n) is 7.08.